The number of rotatable bonds is 3. The Balaban J connectivity index is 2.34. The van der Waals surface area contributed by atoms with E-state index in [9.17, 15) is 4.79 Å². The van der Waals surface area contributed by atoms with E-state index in [1.54, 1.807) is 19.3 Å². The van der Waals surface area contributed by atoms with Crippen LogP contribution in [0, 0.1) is 0 Å². The number of hydrogen-bond acceptors (Lipinski definition) is 4. The van der Waals surface area contributed by atoms with Gasteiger partial charge in [0, 0.05) is 11.1 Å². The van der Waals surface area contributed by atoms with Gasteiger partial charge in [0.25, 0.3) is 0 Å². The van der Waals surface area contributed by atoms with Gasteiger partial charge in [0.15, 0.2) is 0 Å². The third-order valence-corrected chi connectivity index (χ3v) is 1.99. The van der Waals surface area contributed by atoms with Crippen molar-refractivity contribution in [1.82, 2.24) is 0 Å². The first kappa shape index (κ1) is 9.58. The van der Waals surface area contributed by atoms with E-state index >= 15 is 0 Å². The number of hydrogen-bond donors (Lipinski definition) is 0. The van der Waals surface area contributed by atoms with Gasteiger partial charge in [-0.3, -0.25) is 0 Å². The smallest absolute Gasteiger partial charge is 0.342 e. The van der Waals surface area contributed by atoms with Crippen LogP contribution in [0.25, 0.3) is 11.1 Å². The van der Waals surface area contributed by atoms with Crippen molar-refractivity contribution < 1.29 is 18.4 Å². The van der Waals surface area contributed by atoms with Crippen LogP contribution in [0.4, 0.5) is 0 Å². The van der Waals surface area contributed by atoms with E-state index in [0.717, 1.165) is 5.56 Å². The maximum Gasteiger partial charge on any atom is 0.342 e. The number of esters is 1. The Kier molecular flexibility index (Phi) is 2.58. The van der Waals surface area contributed by atoms with Crippen LogP contribution >= 0.6 is 0 Å². The van der Waals surface area contributed by atoms with Gasteiger partial charge in [0.05, 0.1) is 25.4 Å². The summed E-state index contributed by atoms with van der Waals surface area (Å²) in [5.41, 5.74) is 1.90. The molecule has 0 spiro atoms. The van der Waals surface area contributed by atoms with Gasteiger partial charge >= 0.3 is 5.97 Å². The van der Waals surface area contributed by atoms with Gasteiger partial charge in [0.1, 0.15) is 11.8 Å². The van der Waals surface area contributed by atoms with Crippen molar-refractivity contribution in [2.24, 2.45) is 0 Å². The molecule has 0 aliphatic heterocycles. The molecule has 0 N–H and O–H groups in total. The fraction of sp³-hybridized carbons (Fsp3) is 0.182. The molecule has 0 saturated carbocycles. The molecule has 0 aromatic carbocycles. The molecule has 0 saturated heterocycles. The third kappa shape index (κ3) is 1.79. The number of carbonyl (C=O) groups excluding carboxylic acids is 1. The highest BCUT2D eigenvalue weighted by Crippen LogP contribution is 2.25. The summed E-state index contributed by atoms with van der Waals surface area (Å²) < 4.78 is 14.8. The van der Waals surface area contributed by atoms with Crippen molar-refractivity contribution in [3.8, 4) is 11.1 Å². The van der Waals surface area contributed by atoms with E-state index < -0.39 is 0 Å². The van der Waals surface area contributed by atoms with E-state index in [-0.39, 0.29) is 5.97 Å². The first-order chi connectivity index (χ1) is 7.33. The Hall–Kier alpha value is -1.97. The summed E-state index contributed by atoms with van der Waals surface area (Å²) in [6.07, 6.45) is 5.96. The Morgan fingerprint density at radius 1 is 1.33 bits per heavy atom. The quantitative estimate of drug-likeness (QED) is 0.724. The third-order valence-electron chi connectivity index (χ3n) is 1.99. The van der Waals surface area contributed by atoms with E-state index in [1.165, 1.54) is 18.8 Å². The van der Waals surface area contributed by atoms with Crippen molar-refractivity contribution >= 4 is 5.97 Å². The fourth-order valence-electron chi connectivity index (χ4n) is 1.31. The maximum absolute atomic E-state index is 11.5. The fourth-order valence-corrected chi connectivity index (χ4v) is 1.31. The second-order valence-electron chi connectivity index (χ2n) is 2.93. The van der Waals surface area contributed by atoms with Crippen molar-refractivity contribution in [3.05, 3.63) is 36.7 Å². The topological polar surface area (TPSA) is 52.6 Å². The molecule has 78 valence electrons. The van der Waals surface area contributed by atoms with Gasteiger partial charge in [-0.15, -0.1) is 0 Å². The standard InChI is InChI=1S/C11H10O4/c1-2-15-11(12)10-7-14-6-9(10)8-3-4-13-5-8/h3-7H,2H2,1H3. The summed E-state index contributed by atoms with van der Waals surface area (Å²) in [6.45, 7) is 2.10. The molecule has 0 aliphatic carbocycles. The van der Waals surface area contributed by atoms with Gasteiger partial charge in [-0.05, 0) is 13.0 Å². The molecule has 0 unspecified atom stereocenters. The van der Waals surface area contributed by atoms with E-state index in [1.807, 2.05) is 0 Å². The zero-order valence-electron chi connectivity index (χ0n) is 8.23. The zero-order chi connectivity index (χ0) is 10.7. The summed E-state index contributed by atoms with van der Waals surface area (Å²) in [6, 6.07) is 1.76. The average Bonchev–Trinajstić information content (AvgIpc) is 2.88. The van der Waals surface area contributed by atoms with Crippen LogP contribution < -0.4 is 0 Å². The highest BCUT2D eigenvalue weighted by molar-refractivity contribution is 5.96. The van der Waals surface area contributed by atoms with Gasteiger partial charge in [-0.2, -0.15) is 0 Å². The van der Waals surface area contributed by atoms with E-state index in [2.05, 4.69) is 0 Å². The molecule has 2 heterocycles. The molecule has 0 radical (unpaired) electrons. The van der Waals surface area contributed by atoms with Gasteiger partial charge in [-0.1, -0.05) is 0 Å². The summed E-state index contributed by atoms with van der Waals surface area (Å²) in [5, 5.41) is 0. The molecule has 2 aromatic heterocycles. The molecule has 4 nitrogen and oxygen atoms in total. The predicted molar refractivity (Wildman–Crippen MR) is 52.4 cm³/mol. The molecule has 0 amide bonds. The molecule has 0 aliphatic rings. The van der Waals surface area contributed by atoms with Crippen molar-refractivity contribution in [2.75, 3.05) is 6.61 Å². The number of carbonyl (C=O) groups is 1. The van der Waals surface area contributed by atoms with Crippen LogP contribution in [0.15, 0.2) is 40.0 Å². The van der Waals surface area contributed by atoms with Crippen LogP contribution in [0.5, 0.6) is 0 Å². The SMILES string of the molecule is CCOC(=O)c1cocc1-c1ccoc1. The lowest BCUT2D eigenvalue weighted by Crippen LogP contribution is -2.04. The molecule has 0 bridgehead atoms. The monoisotopic (exact) mass is 206 g/mol. The van der Waals surface area contributed by atoms with Crippen LogP contribution in [0.1, 0.15) is 17.3 Å². The minimum absolute atomic E-state index is 0.342. The maximum atomic E-state index is 11.5. The van der Waals surface area contributed by atoms with Crippen molar-refractivity contribution in [3.63, 3.8) is 0 Å². The Bertz CT molecular complexity index is 439. The second kappa shape index (κ2) is 4.04. The molecule has 2 aromatic rings. The van der Waals surface area contributed by atoms with Crippen LogP contribution in [0.2, 0.25) is 0 Å². The predicted octanol–water partition coefficient (Wildman–Crippen LogP) is 2.72. The normalized spacial score (nSPS) is 10.2. The number of furan rings is 2. The van der Waals surface area contributed by atoms with Gasteiger partial charge in [-0.25, -0.2) is 4.79 Å². The summed E-state index contributed by atoms with van der Waals surface area (Å²) >= 11 is 0. The summed E-state index contributed by atoms with van der Waals surface area (Å²) in [4.78, 5) is 11.5. The van der Waals surface area contributed by atoms with Crippen LogP contribution in [-0.4, -0.2) is 12.6 Å². The lowest BCUT2D eigenvalue weighted by Gasteiger charge is -1.99. The number of ether oxygens (including phenoxy) is 1. The first-order valence-electron chi connectivity index (χ1n) is 4.58. The lowest BCUT2D eigenvalue weighted by molar-refractivity contribution is 0.0526. The Labute approximate surface area is 86.4 Å². The lowest BCUT2D eigenvalue weighted by atomic mass is 10.1. The van der Waals surface area contributed by atoms with Gasteiger partial charge < -0.3 is 13.6 Å². The zero-order valence-corrected chi connectivity index (χ0v) is 8.23. The van der Waals surface area contributed by atoms with E-state index in [4.69, 9.17) is 13.6 Å². The molecule has 2 rings (SSSR count). The largest absolute Gasteiger partial charge is 0.472 e. The van der Waals surface area contributed by atoms with Crippen molar-refractivity contribution in [1.29, 1.82) is 0 Å². The van der Waals surface area contributed by atoms with Gasteiger partial charge in [0.2, 0.25) is 0 Å². The molecule has 4 heteroatoms. The summed E-state index contributed by atoms with van der Waals surface area (Å²) in [5.74, 6) is -0.387. The molecule has 0 fully saturated rings. The summed E-state index contributed by atoms with van der Waals surface area (Å²) in [7, 11) is 0. The molecular weight excluding hydrogens is 196 g/mol. The Morgan fingerprint density at radius 2 is 2.20 bits per heavy atom. The van der Waals surface area contributed by atoms with Crippen LogP contribution in [-0.2, 0) is 4.74 Å². The molecular formula is C11H10O4. The second-order valence-corrected chi connectivity index (χ2v) is 2.93. The highest BCUT2D eigenvalue weighted by atomic mass is 16.5. The van der Waals surface area contributed by atoms with Crippen molar-refractivity contribution in [2.45, 2.75) is 6.92 Å². The van der Waals surface area contributed by atoms with E-state index in [0.29, 0.717) is 17.7 Å². The molecule has 0 atom stereocenters. The van der Waals surface area contributed by atoms with Crippen LogP contribution in [0.3, 0.4) is 0 Å². The first-order valence-corrected chi connectivity index (χ1v) is 4.58. The minimum atomic E-state index is -0.387. The minimum Gasteiger partial charge on any atom is -0.472 e. The average molecular weight is 206 g/mol. The molecule has 15 heavy (non-hydrogen) atoms. The Morgan fingerprint density at radius 3 is 2.87 bits per heavy atom. The highest BCUT2D eigenvalue weighted by Gasteiger charge is 2.16.